The number of carbonyl (C=O) groups excluding carboxylic acids is 2. The number of nitrogens with zero attached hydrogens (tertiary/aromatic N) is 3. The number of ether oxygens (including phenoxy) is 1. The lowest BCUT2D eigenvalue weighted by Crippen LogP contribution is -2.37. The third kappa shape index (κ3) is 4.75. The van der Waals surface area contributed by atoms with Crippen LogP contribution in [0.3, 0.4) is 0 Å². The molecule has 2 aromatic carbocycles. The molecule has 0 saturated carbocycles. The Morgan fingerprint density at radius 3 is 2.42 bits per heavy atom. The summed E-state index contributed by atoms with van der Waals surface area (Å²) in [6.07, 6.45) is 4.40. The van der Waals surface area contributed by atoms with Crippen molar-refractivity contribution < 1.29 is 14.3 Å². The van der Waals surface area contributed by atoms with Crippen molar-refractivity contribution in [2.24, 2.45) is 0 Å². The number of amides is 3. The number of aromatic nitrogens is 1. The monoisotopic (exact) mass is 443 g/mol. The van der Waals surface area contributed by atoms with Gasteiger partial charge in [0.05, 0.1) is 19.2 Å². The van der Waals surface area contributed by atoms with Crippen LogP contribution in [0.1, 0.15) is 42.0 Å². The summed E-state index contributed by atoms with van der Waals surface area (Å²) < 4.78 is 5.26. The highest BCUT2D eigenvalue weighted by Crippen LogP contribution is 2.36. The highest BCUT2D eigenvalue weighted by Gasteiger charge is 2.45. The quantitative estimate of drug-likeness (QED) is 0.525. The molecule has 2 heterocycles. The van der Waals surface area contributed by atoms with E-state index in [0.717, 1.165) is 22.4 Å². The van der Waals surface area contributed by atoms with Crippen LogP contribution in [0.4, 0.5) is 4.79 Å². The molecule has 4 rings (SSSR count). The number of likely N-dealkylation sites (N-methyl/N-ethyl adjacent to an activating group) is 1. The van der Waals surface area contributed by atoms with Crippen molar-refractivity contribution in [1.29, 1.82) is 0 Å². The Morgan fingerprint density at radius 1 is 1.06 bits per heavy atom. The summed E-state index contributed by atoms with van der Waals surface area (Å²) in [5, 5.41) is 0. The van der Waals surface area contributed by atoms with Crippen molar-refractivity contribution in [3.8, 4) is 5.75 Å². The van der Waals surface area contributed by atoms with Crippen LogP contribution in [0, 0.1) is 0 Å². The molecule has 0 spiro atoms. The normalized spacial score (nSPS) is 18.9. The van der Waals surface area contributed by atoms with Crippen LogP contribution >= 0.6 is 0 Å². The smallest absolute Gasteiger partial charge is 0.327 e. The van der Waals surface area contributed by atoms with Crippen molar-refractivity contribution in [3.05, 3.63) is 95.8 Å². The minimum atomic E-state index is -0.313. The lowest BCUT2D eigenvalue weighted by molar-refractivity contribution is -0.129. The standard InChI is InChI=1S/C27H29N3O3/c1-19-26(21-8-5-4-6-9-21)30(27(32)29(19)2)25(31)17-23(22-10-7-15-28-18-22)16-20-11-13-24(33-3)14-12-20/h4-15,18-19,23,26H,16-17H2,1-3H3/t19?,23-,26?/m0/s1. The number of urea groups is 1. The lowest BCUT2D eigenvalue weighted by atomic mass is 9.89. The number of rotatable bonds is 7. The maximum atomic E-state index is 13.6. The van der Waals surface area contributed by atoms with Crippen LogP contribution in [-0.2, 0) is 11.2 Å². The topological polar surface area (TPSA) is 62.7 Å². The molecule has 2 unspecified atom stereocenters. The molecule has 3 amide bonds. The van der Waals surface area contributed by atoms with E-state index in [1.807, 2.05) is 73.7 Å². The molecule has 0 aliphatic carbocycles. The van der Waals surface area contributed by atoms with Gasteiger partial charge in [0.15, 0.2) is 0 Å². The summed E-state index contributed by atoms with van der Waals surface area (Å²) in [5.41, 5.74) is 3.03. The van der Waals surface area contributed by atoms with Crippen LogP contribution in [0.15, 0.2) is 79.1 Å². The molecular formula is C27H29N3O3. The molecule has 6 heteroatoms. The second-order valence-electron chi connectivity index (χ2n) is 8.49. The number of hydrogen-bond acceptors (Lipinski definition) is 4. The zero-order valence-corrected chi connectivity index (χ0v) is 19.2. The number of carbonyl (C=O) groups is 2. The number of hydrogen-bond donors (Lipinski definition) is 0. The highest BCUT2D eigenvalue weighted by molar-refractivity contribution is 5.97. The SMILES string of the molecule is COc1ccc(C[C@@H](CC(=O)N2C(=O)N(C)C(C)C2c2ccccc2)c2cccnc2)cc1. The molecule has 1 aliphatic rings. The summed E-state index contributed by atoms with van der Waals surface area (Å²) >= 11 is 0. The molecule has 3 atom stereocenters. The fraction of sp³-hybridized carbons (Fsp3) is 0.296. The van der Waals surface area contributed by atoms with E-state index >= 15 is 0 Å². The third-order valence-corrected chi connectivity index (χ3v) is 6.48. The average molecular weight is 444 g/mol. The zero-order valence-electron chi connectivity index (χ0n) is 19.2. The molecule has 1 saturated heterocycles. The van der Waals surface area contributed by atoms with Crippen LogP contribution in [0.5, 0.6) is 5.75 Å². The number of imide groups is 1. The average Bonchev–Trinajstić information content (AvgIpc) is 3.09. The molecule has 3 aromatic rings. The maximum Gasteiger partial charge on any atom is 0.327 e. The number of methoxy groups -OCH3 is 1. The first-order valence-corrected chi connectivity index (χ1v) is 11.2. The molecule has 1 fully saturated rings. The first-order valence-electron chi connectivity index (χ1n) is 11.2. The van der Waals surface area contributed by atoms with Gasteiger partial charge >= 0.3 is 6.03 Å². The van der Waals surface area contributed by atoms with E-state index in [-0.39, 0.29) is 36.4 Å². The van der Waals surface area contributed by atoms with E-state index in [0.29, 0.717) is 6.42 Å². The van der Waals surface area contributed by atoms with Crippen LogP contribution in [0.25, 0.3) is 0 Å². The van der Waals surface area contributed by atoms with Gasteiger partial charge in [-0.05, 0) is 54.2 Å². The summed E-state index contributed by atoms with van der Waals surface area (Å²) in [7, 11) is 3.40. The van der Waals surface area contributed by atoms with Crippen molar-refractivity contribution in [2.45, 2.75) is 37.8 Å². The zero-order chi connectivity index (χ0) is 23.4. The maximum absolute atomic E-state index is 13.6. The molecule has 1 aliphatic heterocycles. The molecular weight excluding hydrogens is 414 g/mol. The summed E-state index contributed by atoms with van der Waals surface area (Å²) in [5.74, 6) is 0.510. The Bertz CT molecular complexity index is 1090. The van der Waals surface area contributed by atoms with Gasteiger partial charge in [0.2, 0.25) is 5.91 Å². The van der Waals surface area contributed by atoms with Gasteiger partial charge in [-0.25, -0.2) is 4.79 Å². The molecule has 0 radical (unpaired) electrons. The predicted octanol–water partition coefficient (Wildman–Crippen LogP) is 4.83. The molecule has 1 aromatic heterocycles. The van der Waals surface area contributed by atoms with Gasteiger partial charge in [-0.1, -0.05) is 48.5 Å². The van der Waals surface area contributed by atoms with E-state index in [2.05, 4.69) is 4.98 Å². The van der Waals surface area contributed by atoms with Gasteiger partial charge in [0.1, 0.15) is 5.75 Å². The largest absolute Gasteiger partial charge is 0.497 e. The lowest BCUT2D eigenvalue weighted by Gasteiger charge is -2.26. The van der Waals surface area contributed by atoms with Crippen LogP contribution < -0.4 is 4.74 Å². The van der Waals surface area contributed by atoms with Gasteiger partial charge in [-0.15, -0.1) is 0 Å². The second-order valence-corrected chi connectivity index (χ2v) is 8.49. The molecule has 0 bridgehead atoms. The molecule has 170 valence electrons. The van der Waals surface area contributed by atoms with Gasteiger partial charge in [-0.2, -0.15) is 0 Å². The highest BCUT2D eigenvalue weighted by atomic mass is 16.5. The summed E-state index contributed by atoms with van der Waals surface area (Å²) in [4.78, 5) is 34.1. The second kappa shape index (κ2) is 9.86. The van der Waals surface area contributed by atoms with Crippen molar-refractivity contribution in [3.63, 3.8) is 0 Å². The van der Waals surface area contributed by atoms with Gasteiger partial charge in [-0.3, -0.25) is 14.7 Å². The predicted molar refractivity (Wildman–Crippen MR) is 127 cm³/mol. The first-order chi connectivity index (χ1) is 16.0. The fourth-order valence-electron chi connectivity index (χ4n) is 4.51. The minimum Gasteiger partial charge on any atom is -0.497 e. The van der Waals surface area contributed by atoms with Crippen molar-refractivity contribution >= 4 is 11.9 Å². The Kier molecular flexibility index (Phi) is 6.73. The number of pyridine rings is 1. The van der Waals surface area contributed by atoms with Gasteiger partial charge in [0.25, 0.3) is 0 Å². The Hall–Kier alpha value is -3.67. The third-order valence-electron chi connectivity index (χ3n) is 6.48. The molecule has 6 nitrogen and oxygen atoms in total. The Morgan fingerprint density at radius 2 is 1.79 bits per heavy atom. The molecule has 0 N–H and O–H groups in total. The Balaban J connectivity index is 1.61. The van der Waals surface area contributed by atoms with Crippen molar-refractivity contribution in [1.82, 2.24) is 14.8 Å². The van der Waals surface area contributed by atoms with E-state index in [1.165, 1.54) is 4.90 Å². The van der Waals surface area contributed by atoms with Gasteiger partial charge in [0, 0.05) is 25.9 Å². The van der Waals surface area contributed by atoms with E-state index in [9.17, 15) is 9.59 Å². The van der Waals surface area contributed by atoms with E-state index in [1.54, 1.807) is 31.5 Å². The van der Waals surface area contributed by atoms with E-state index < -0.39 is 0 Å². The fourth-order valence-corrected chi connectivity index (χ4v) is 4.51. The minimum absolute atomic E-state index is 0.106. The molecule has 33 heavy (non-hydrogen) atoms. The van der Waals surface area contributed by atoms with Crippen molar-refractivity contribution in [2.75, 3.05) is 14.2 Å². The van der Waals surface area contributed by atoms with Gasteiger partial charge < -0.3 is 9.64 Å². The number of benzene rings is 2. The van der Waals surface area contributed by atoms with Crippen LogP contribution in [-0.4, -0.2) is 46.9 Å². The summed E-state index contributed by atoms with van der Waals surface area (Å²) in [6, 6.07) is 20.8. The Labute approximate surface area is 194 Å². The first kappa shape index (κ1) is 22.5. The van der Waals surface area contributed by atoms with E-state index in [4.69, 9.17) is 4.74 Å². The summed E-state index contributed by atoms with van der Waals surface area (Å²) in [6.45, 7) is 1.98. The van der Waals surface area contributed by atoms with Crippen LogP contribution in [0.2, 0.25) is 0 Å².